The molecule has 0 aliphatic rings. The van der Waals surface area contributed by atoms with Crippen LogP contribution in [0.5, 0.6) is 0 Å². The van der Waals surface area contributed by atoms with Crippen LogP contribution < -0.4 is 0 Å². The van der Waals surface area contributed by atoms with Gasteiger partial charge in [-0.05, 0) is 46.6 Å². The van der Waals surface area contributed by atoms with Gasteiger partial charge < -0.3 is 10.2 Å². The van der Waals surface area contributed by atoms with Crippen LogP contribution in [0, 0.1) is 11.8 Å². The molecule has 2 nitrogen and oxygen atoms in total. The third kappa shape index (κ3) is 3.81. The summed E-state index contributed by atoms with van der Waals surface area (Å²) in [6, 6.07) is 13.0. The molecule has 0 saturated carbocycles. The molecule has 0 heterocycles. The number of aliphatic hydroxyl groups is 2. The molecule has 0 fully saturated rings. The monoisotopic (exact) mass is 272 g/mol. The topological polar surface area (TPSA) is 40.5 Å². The van der Waals surface area contributed by atoms with E-state index in [1.54, 1.807) is 0 Å². The van der Waals surface area contributed by atoms with Crippen LogP contribution in [0.3, 0.4) is 0 Å². The summed E-state index contributed by atoms with van der Waals surface area (Å²) in [5.74, 6) is 0.593. The molecule has 0 aliphatic carbocycles. The molecule has 2 rings (SSSR count). The van der Waals surface area contributed by atoms with E-state index < -0.39 is 0 Å². The second-order valence-corrected chi connectivity index (χ2v) is 6.00. The van der Waals surface area contributed by atoms with Crippen molar-refractivity contribution in [1.29, 1.82) is 0 Å². The van der Waals surface area contributed by atoms with E-state index in [1.165, 1.54) is 21.9 Å². The van der Waals surface area contributed by atoms with Crippen molar-refractivity contribution >= 4 is 10.8 Å². The predicted molar refractivity (Wildman–Crippen MR) is 83.9 cm³/mol. The maximum absolute atomic E-state index is 9.16. The molecule has 0 bridgehead atoms. The van der Waals surface area contributed by atoms with Crippen molar-refractivity contribution in [1.82, 2.24) is 0 Å². The maximum atomic E-state index is 9.16. The Hall–Kier alpha value is -1.38. The first-order chi connectivity index (χ1) is 9.62. The first kappa shape index (κ1) is 15.0. The van der Waals surface area contributed by atoms with Gasteiger partial charge in [0.15, 0.2) is 0 Å². The van der Waals surface area contributed by atoms with Crippen LogP contribution in [0.2, 0.25) is 0 Å². The Bertz CT molecular complexity index is 516. The van der Waals surface area contributed by atoms with Gasteiger partial charge in [0.25, 0.3) is 0 Å². The zero-order valence-corrected chi connectivity index (χ0v) is 12.3. The summed E-state index contributed by atoms with van der Waals surface area (Å²) in [5.41, 5.74) is 2.54. The summed E-state index contributed by atoms with van der Waals surface area (Å²) >= 11 is 0. The highest BCUT2D eigenvalue weighted by atomic mass is 16.3. The lowest BCUT2D eigenvalue weighted by Crippen LogP contribution is -2.05. The third-order valence-corrected chi connectivity index (χ3v) is 3.76. The first-order valence-corrected chi connectivity index (χ1v) is 7.35. The zero-order chi connectivity index (χ0) is 14.5. The highest BCUT2D eigenvalue weighted by Gasteiger charge is 2.05. The molecule has 2 unspecified atom stereocenters. The van der Waals surface area contributed by atoms with Crippen LogP contribution in [-0.4, -0.2) is 23.4 Å². The molecule has 2 N–H and O–H groups in total. The Balaban J connectivity index is 2.25. The zero-order valence-electron chi connectivity index (χ0n) is 12.3. The number of benzene rings is 2. The van der Waals surface area contributed by atoms with Gasteiger partial charge >= 0.3 is 0 Å². The predicted octanol–water partition coefficient (Wildman–Crippen LogP) is 3.18. The van der Waals surface area contributed by atoms with Crippen molar-refractivity contribution in [3.8, 4) is 0 Å². The standard InChI is InChI=1S/C18H24O2/c1-13(11-19)7-15-3-5-17-6-4-16(8-14(2)12-20)10-18(17)9-15/h3-6,9-10,13-14,19-20H,7-8,11-12H2,1-2H3. The van der Waals surface area contributed by atoms with Crippen molar-refractivity contribution in [2.75, 3.05) is 13.2 Å². The van der Waals surface area contributed by atoms with Gasteiger partial charge in [-0.15, -0.1) is 0 Å². The summed E-state index contributed by atoms with van der Waals surface area (Å²) in [6.45, 7) is 4.57. The van der Waals surface area contributed by atoms with E-state index in [0.29, 0.717) is 11.8 Å². The van der Waals surface area contributed by atoms with Gasteiger partial charge in [0.2, 0.25) is 0 Å². The Morgan fingerprint density at radius 2 is 1.20 bits per heavy atom. The highest BCUT2D eigenvalue weighted by molar-refractivity contribution is 5.83. The average Bonchev–Trinajstić information content (AvgIpc) is 2.46. The number of hydrogen-bond acceptors (Lipinski definition) is 2. The fourth-order valence-electron chi connectivity index (χ4n) is 2.53. The summed E-state index contributed by atoms with van der Waals surface area (Å²) in [5, 5.41) is 20.8. The van der Waals surface area contributed by atoms with Crippen LogP contribution in [0.4, 0.5) is 0 Å². The van der Waals surface area contributed by atoms with Crippen molar-refractivity contribution in [3.63, 3.8) is 0 Å². The van der Waals surface area contributed by atoms with Gasteiger partial charge in [-0.25, -0.2) is 0 Å². The summed E-state index contributed by atoms with van der Waals surface area (Å²) < 4.78 is 0. The van der Waals surface area contributed by atoms with Crippen molar-refractivity contribution in [2.45, 2.75) is 26.7 Å². The molecule has 2 aromatic rings. The maximum Gasteiger partial charge on any atom is 0.0459 e. The molecule has 2 atom stereocenters. The average molecular weight is 272 g/mol. The SMILES string of the molecule is CC(CO)Cc1ccc2ccc(CC(C)CO)cc2c1. The molecule has 2 heteroatoms. The van der Waals surface area contributed by atoms with E-state index in [-0.39, 0.29) is 13.2 Å². The fraction of sp³-hybridized carbons (Fsp3) is 0.444. The van der Waals surface area contributed by atoms with Crippen molar-refractivity contribution in [2.24, 2.45) is 11.8 Å². The Labute approximate surface area is 121 Å². The molecule has 0 spiro atoms. The largest absolute Gasteiger partial charge is 0.396 e. The van der Waals surface area contributed by atoms with E-state index in [2.05, 4.69) is 50.2 Å². The fourth-order valence-corrected chi connectivity index (χ4v) is 2.53. The quantitative estimate of drug-likeness (QED) is 0.848. The Morgan fingerprint density at radius 1 is 0.750 bits per heavy atom. The second kappa shape index (κ2) is 6.87. The molecule has 0 aliphatic heterocycles. The summed E-state index contributed by atoms with van der Waals surface area (Å²) in [4.78, 5) is 0. The summed E-state index contributed by atoms with van der Waals surface area (Å²) in [7, 11) is 0. The lowest BCUT2D eigenvalue weighted by Gasteiger charge is -2.11. The normalized spacial score (nSPS) is 14.4. The van der Waals surface area contributed by atoms with Crippen LogP contribution in [0.1, 0.15) is 25.0 Å². The molecule has 0 radical (unpaired) electrons. The Morgan fingerprint density at radius 3 is 1.60 bits per heavy atom. The van der Waals surface area contributed by atoms with Gasteiger partial charge in [-0.3, -0.25) is 0 Å². The number of rotatable bonds is 6. The van der Waals surface area contributed by atoms with Gasteiger partial charge in [0, 0.05) is 13.2 Å². The number of hydrogen-bond donors (Lipinski definition) is 2. The molecule has 2 aromatic carbocycles. The van der Waals surface area contributed by atoms with E-state index in [0.717, 1.165) is 12.8 Å². The Kier molecular flexibility index (Phi) is 5.16. The molecular formula is C18H24O2. The molecular weight excluding hydrogens is 248 g/mol. The molecule has 0 saturated heterocycles. The van der Waals surface area contributed by atoms with Crippen molar-refractivity contribution in [3.05, 3.63) is 47.5 Å². The van der Waals surface area contributed by atoms with Crippen molar-refractivity contribution < 1.29 is 10.2 Å². The molecule has 20 heavy (non-hydrogen) atoms. The van der Waals surface area contributed by atoms with E-state index in [9.17, 15) is 0 Å². The van der Waals surface area contributed by atoms with E-state index in [4.69, 9.17) is 10.2 Å². The van der Waals surface area contributed by atoms with E-state index >= 15 is 0 Å². The van der Waals surface area contributed by atoms with E-state index in [1.807, 2.05) is 0 Å². The van der Waals surface area contributed by atoms with Gasteiger partial charge in [-0.1, -0.05) is 50.2 Å². The minimum absolute atomic E-state index is 0.228. The molecule has 108 valence electrons. The number of fused-ring (bicyclic) bond motifs is 1. The smallest absolute Gasteiger partial charge is 0.0459 e. The lowest BCUT2D eigenvalue weighted by atomic mass is 9.96. The minimum atomic E-state index is 0.228. The first-order valence-electron chi connectivity index (χ1n) is 7.35. The van der Waals surface area contributed by atoms with Gasteiger partial charge in [0.1, 0.15) is 0 Å². The highest BCUT2D eigenvalue weighted by Crippen LogP contribution is 2.21. The summed E-state index contributed by atoms with van der Waals surface area (Å²) in [6.07, 6.45) is 1.81. The minimum Gasteiger partial charge on any atom is -0.396 e. The molecule has 0 amide bonds. The van der Waals surface area contributed by atoms with Crippen LogP contribution in [0.15, 0.2) is 36.4 Å². The van der Waals surface area contributed by atoms with Crippen LogP contribution in [0.25, 0.3) is 10.8 Å². The number of aliphatic hydroxyl groups excluding tert-OH is 2. The lowest BCUT2D eigenvalue weighted by molar-refractivity contribution is 0.237. The second-order valence-electron chi connectivity index (χ2n) is 6.00. The molecule has 0 aromatic heterocycles. The van der Waals surface area contributed by atoms with Crippen LogP contribution >= 0.6 is 0 Å². The van der Waals surface area contributed by atoms with Gasteiger partial charge in [0.05, 0.1) is 0 Å². The van der Waals surface area contributed by atoms with Gasteiger partial charge in [-0.2, -0.15) is 0 Å². The third-order valence-electron chi connectivity index (χ3n) is 3.76. The van der Waals surface area contributed by atoms with Crippen LogP contribution in [-0.2, 0) is 12.8 Å².